The number of nitrogens with two attached hydrogens (primary N) is 1. The van der Waals surface area contributed by atoms with Crippen molar-refractivity contribution in [3.63, 3.8) is 0 Å². The molecule has 0 radical (unpaired) electrons. The zero-order valence-electron chi connectivity index (χ0n) is 16.9. The van der Waals surface area contributed by atoms with E-state index < -0.39 is 0 Å². The van der Waals surface area contributed by atoms with Gasteiger partial charge in [0, 0.05) is 53.5 Å². The van der Waals surface area contributed by atoms with Crippen LogP contribution in [0.15, 0.2) is 61.1 Å². The lowest BCUT2D eigenvalue weighted by molar-refractivity contribution is 0.990. The summed E-state index contributed by atoms with van der Waals surface area (Å²) in [7, 11) is 0. The summed E-state index contributed by atoms with van der Waals surface area (Å²) in [6, 6.07) is 15.0. The Bertz CT molecular complexity index is 1330. The summed E-state index contributed by atoms with van der Waals surface area (Å²) in [4.78, 5) is 15.3. The molecule has 0 aliphatic carbocycles. The Balaban J connectivity index is 1.33. The van der Waals surface area contributed by atoms with E-state index in [9.17, 15) is 0 Å². The fraction of sp³-hybridized carbons (Fsp3) is 0.167. The van der Waals surface area contributed by atoms with Crippen LogP contribution in [0.3, 0.4) is 0 Å². The van der Waals surface area contributed by atoms with Crippen molar-refractivity contribution < 1.29 is 0 Å². The standard InChI is InChI=1S/C24H24N6/c1-15-2-4-22-20(10-15)18(13-28-22)7-9-27-23-19(14-29-24(25)30-23)12-16-3-5-21-17(11-16)6-8-26-21/h2-6,8,10-11,13-14,26,28H,7,9,12H2,1H3,(H3,25,27,29,30). The van der Waals surface area contributed by atoms with Crippen LogP contribution in [-0.4, -0.2) is 26.5 Å². The van der Waals surface area contributed by atoms with Gasteiger partial charge < -0.3 is 21.0 Å². The predicted octanol–water partition coefficient (Wildman–Crippen LogP) is 4.58. The zero-order chi connectivity index (χ0) is 20.5. The van der Waals surface area contributed by atoms with Crippen LogP contribution in [0.5, 0.6) is 0 Å². The van der Waals surface area contributed by atoms with E-state index in [1.165, 1.54) is 33.0 Å². The van der Waals surface area contributed by atoms with Gasteiger partial charge in [0.05, 0.1) is 0 Å². The molecule has 0 amide bonds. The summed E-state index contributed by atoms with van der Waals surface area (Å²) in [5.41, 5.74) is 13.0. The highest BCUT2D eigenvalue weighted by molar-refractivity contribution is 5.84. The first-order valence-corrected chi connectivity index (χ1v) is 10.1. The molecule has 0 aliphatic rings. The third kappa shape index (κ3) is 3.59. The van der Waals surface area contributed by atoms with E-state index in [1.54, 1.807) is 0 Å². The van der Waals surface area contributed by atoms with Gasteiger partial charge in [-0.05, 0) is 60.2 Å². The van der Waals surface area contributed by atoms with Crippen LogP contribution in [-0.2, 0) is 12.8 Å². The summed E-state index contributed by atoms with van der Waals surface area (Å²) < 4.78 is 0. The van der Waals surface area contributed by atoms with Crippen LogP contribution in [0.1, 0.15) is 22.3 Å². The lowest BCUT2D eigenvalue weighted by Gasteiger charge is -2.11. The van der Waals surface area contributed by atoms with Crippen molar-refractivity contribution in [1.82, 2.24) is 19.9 Å². The number of anilines is 2. The highest BCUT2D eigenvalue weighted by Crippen LogP contribution is 2.22. The molecule has 6 heteroatoms. The molecule has 2 aromatic carbocycles. The number of H-pyrrole nitrogens is 2. The minimum absolute atomic E-state index is 0.282. The van der Waals surface area contributed by atoms with Gasteiger partial charge in [-0.1, -0.05) is 17.7 Å². The molecule has 5 N–H and O–H groups in total. The Labute approximate surface area is 174 Å². The zero-order valence-corrected chi connectivity index (χ0v) is 16.9. The van der Waals surface area contributed by atoms with Gasteiger partial charge in [0.1, 0.15) is 5.82 Å². The largest absolute Gasteiger partial charge is 0.369 e. The SMILES string of the molecule is Cc1ccc2[nH]cc(CCNc3nc(N)ncc3Cc3ccc4[nH]ccc4c3)c2c1. The quantitative estimate of drug-likeness (QED) is 0.338. The van der Waals surface area contributed by atoms with Crippen molar-refractivity contribution in [3.8, 4) is 0 Å². The summed E-state index contributed by atoms with van der Waals surface area (Å²) in [5, 5.41) is 5.95. The first-order chi connectivity index (χ1) is 14.7. The second-order valence-electron chi connectivity index (χ2n) is 7.72. The van der Waals surface area contributed by atoms with Gasteiger partial charge in [-0.3, -0.25) is 0 Å². The number of nitrogens with one attached hydrogen (secondary N) is 3. The van der Waals surface area contributed by atoms with Crippen molar-refractivity contribution in [2.75, 3.05) is 17.6 Å². The Morgan fingerprint density at radius 1 is 1.00 bits per heavy atom. The molecule has 150 valence electrons. The van der Waals surface area contributed by atoms with Gasteiger partial charge in [0.2, 0.25) is 5.95 Å². The molecule has 0 saturated heterocycles. The van der Waals surface area contributed by atoms with Crippen molar-refractivity contribution in [3.05, 3.63) is 83.3 Å². The maximum atomic E-state index is 5.87. The lowest BCUT2D eigenvalue weighted by atomic mass is 10.0. The number of aryl methyl sites for hydroxylation is 1. The molecule has 3 heterocycles. The van der Waals surface area contributed by atoms with Gasteiger partial charge in [-0.15, -0.1) is 0 Å². The van der Waals surface area contributed by atoms with E-state index >= 15 is 0 Å². The van der Waals surface area contributed by atoms with Crippen LogP contribution in [0.25, 0.3) is 21.8 Å². The topological polar surface area (TPSA) is 95.4 Å². The molecule has 30 heavy (non-hydrogen) atoms. The van der Waals surface area contributed by atoms with Crippen LogP contribution in [0.4, 0.5) is 11.8 Å². The van der Waals surface area contributed by atoms with E-state index in [0.29, 0.717) is 0 Å². The highest BCUT2D eigenvalue weighted by Gasteiger charge is 2.09. The van der Waals surface area contributed by atoms with E-state index in [-0.39, 0.29) is 5.95 Å². The Morgan fingerprint density at radius 2 is 1.90 bits per heavy atom. The second kappa shape index (κ2) is 7.55. The van der Waals surface area contributed by atoms with E-state index in [0.717, 1.165) is 36.3 Å². The number of hydrogen-bond acceptors (Lipinski definition) is 4. The van der Waals surface area contributed by atoms with Crippen molar-refractivity contribution in [2.45, 2.75) is 19.8 Å². The first-order valence-electron chi connectivity index (χ1n) is 10.1. The fourth-order valence-electron chi connectivity index (χ4n) is 3.95. The van der Waals surface area contributed by atoms with Crippen LogP contribution in [0.2, 0.25) is 0 Å². The lowest BCUT2D eigenvalue weighted by Crippen LogP contribution is -2.11. The minimum Gasteiger partial charge on any atom is -0.369 e. The number of fused-ring (bicyclic) bond motifs is 2. The van der Waals surface area contributed by atoms with E-state index in [4.69, 9.17) is 5.73 Å². The van der Waals surface area contributed by atoms with E-state index in [2.05, 4.69) is 80.8 Å². The first kappa shape index (κ1) is 18.2. The molecule has 0 atom stereocenters. The molecule has 0 unspecified atom stereocenters. The summed E-state index contributed by atoms with van der Waals surface area (Å²) in [6.07, 6.45) is 7.51. The van der Waals surface area contributed by atoms with E-state index in [1.807, 2.05) is 12.4 Å². The van der Waals surface area contributed by atoms with Crippen molar-refractivity contribution in [2.24, 2.45) is 0 Å². The summed E-state index contributed by atoms with van der Waals surface area (Å²) in [6.45, 7) is 2.89. The maximum Gasteiger partial charge on any atom is 0.221 e. The third-order valence-electron chi connectivity index (χ3n) is 5.51. The van der Waals surface area contributed by atoms with Gasteiger partial charge >= 0.3 is 0 Å². The number of rotatable bonds is 6. The number of aromatic amines is 2. The normalized spacial score (nSPS) is 11.4. The monoisotopic (exact) mass is 396 g/mol. The Morgan fingerprint density at radius 3 is 2.83 bits per heavy atom. The fourth-order valence-corrected chi connectivity index (χ4v) is 3.95. The van der Waals surface area contributed by atoms with Gasteiger partial charge in [0.15, 0.2) is 0 Å². The Hall–Kier alpha value is -3.80. The van der Waals surface area contributed by atoms with Crippen LogP contribution < -0.4 is 11.1 Å². The number of nitrogen functional groups attached to an aromatic ring is 1. The second-order valence-corrected chi connectivity index (χ2v) is 7.72. The summed E-state index contributed by atoms with van der Waals surface area (Å²) in [5.74, 6) is 1.08. The Kier molecular flexibility index (Phi) is 4.59. The van der Waals surface area contributed by atoms with Crippen molar-refractivity contribution >= 4 is 33.6 Å². The van der Waals surface area contributed by atoms with Gasteiger partial charge in [0.25, 0.3) is 0 Å². The molecular formula is C24H24N6. The smallest absolute Gasteiger partial charge is 0.221 e. The molecule has 3 aromatic heterocycles. The van der Waals surface area contributed by atoms with Gasteiger partial charge in [-0.25, -0.2) is 4.98 Å². The van der Waals surface area contributed by atoms with Crippen LogP contribution >= 0.6 is 0 Å². The summed E-state index contributed by atoms with van der Waals surface area (Å²) >= 11 is 0. The predicted molar refractivity (Wildman–Crippen MR) is 123 cm³/mol. The average molecular weight is 396 g/mol. The average Bonchev–Trinajstić information content (AvgIpc) is 3.36. The third-order valence-corrected chi connectivity index (χ3v) is 5.51. The molecule has 0 saturated carbocycles. The number of hydrogen-bond donors (Lipinski definition) is 4. The molecule has 0 aliphatic heterocycles. The molecule has 0 fully saturated rings. The molecule has 5 aromatic rings. The number of nitrogens with zero attached hydrogens (tertiary/aromatic N) is 2. The molecule has 0 spiro atoms. The molecule has 6 nitrogen and oxygen atoms in total. The van der Waals surface area contributed by atoms with Crippen molar-refractivity contribution in [1.29, 1.82) is 0 Å². The minimum atomic E-state index is 0.282. The molecular weight excluding hydrogens is 372 g/mol. The molecule has 5 rings (SSSR count). The maximum absolute atomic E-state index is 5.87. The highest BCUT2D eigenvalue weighted by atomic mass is 15.1. The number of benzene rings is 2. The van der Waals surface area contributed by atoms with Crippen LogP contribution in [0, 0.1) is 6.92 Å². The number of aromatic nitrogens is 4. The molecule has 0 bridgehead atoms. The van der Waals surface area contributed by atoms with Gasteiger partial charge in [-0.2, -0.15) is 4.98 Å².